The zero-order chi connectivity index (χ0) is 26.6. The minimum atomic E-state index is -3.48. The first-order valence-corrected chi connectivity index (χ1v) is 28.1. The van der Waals surface area contributed by atoms with Crippen molar-refractivity contribution in [3.8, 4) is 0 Å². The molecule has 210 valence electrons. The molecular weight excluding hydrogens is 599 g/mol. The minimum absolute atomic E-state index is 0. The molecule has 2 aliphatic rings. The van der Waals surface area contributed by atoms with Gasteiger partial charge in [-0.15, -0.1) is 24.8 Å². The van der Waals surface area contributed by atoms with Crippen molar-refractivity contribution in [2.45, 2.75) is 84.7 Å². The Hall–Kier alpha value is -0.400. The Kier molecular flexibility index (Phi) is 10.9. The molecule has 0 saturated carbocycles. The van der Waals surface area contributed by atoms with Gasteiger partial charge in [0.1, 0.15) is 0 Å². The fourth-order valence-electron chi connectivity index (χ4n) is 7.39. The number of rotatable bonds is 8. The second-order valence-corrected chi connectivity index (χ2v) is 45.0. The molecular formula is C34H52Cl2SiZr. The van der Waals surface area contributed by atoms with Gasteiger partial charge in [0.05, 0.1) is 0 Å². The molecule has 0 saturated heterocycles. The Balaban J connectivity index is 0.00000253. The van der Waals surface area contributed by atoms with Crippen LogP contribution in [-0.2, 0) is 30.2 Å². The molecule has 2 aromatic carbocycles. The van der Waals surface area contributed by atoms with Gasteiger partial charge in [0, 0.05) is 0 Å². The summed E-state index contributed by atoms with van der Waals surface area (Å²) in [6.07, 6.45) is 7.53. The summed E-state index contributed by atoms with van der Waals surface area (Å²) in [4.78, 5) is 0. The van der Waals surface area contributed by atoms with Crippen LogP contribution in [0.25, 0.3) is 12.2 Å². The standard InChI is InChI=1S/2C16H21.2CH3.2ClH.H2Si.Zr/c2*1-11(2)7-13-5-6-14-9-15(12(3)4)10-16(14)8-13;;;;;;/h2*5-6,8-12H,7H2,1-4H3;2*1H3;2*1H;1H2;. The minimum Gasteiger partial charge on any atom is -0.147 e. The second-order valence-electron chi connectivity index (χ2n) is 14.5. The van der Waals surface area contributed by atoms with Gasteiger partial charge in [-0.3, -0.25) is 0 Å². The summed E-state index contributed by atoms with van der Waals surface area (Å²) in [6, 6.07) is 15.0. The van der Waals surface area contributed by atoms with Gasteiger partial charge in [-0.05, 0) is 0 Å². The average Bonchev–Trinajstić information content (AvgIpc) is 3.32. The normalized spacial score (nSPS) is 18.8. The van der Waals surface area contributed by atoms with Gasteiger partial charge in [0.15, 0.2) is 0 Å². The van der Waals surface area contributed by atoms with Crippen LogP contribution in [-0.4, -0.2) is 6.88 Å². The van der Waals surface area contributed by atoms with Crippen LogP contribution in [0.2, 0.25) is 9.26 Å². The van der Waals surface area contributed by atoms with E-state index >= 15 is 0 Å². The molecule has 0 nitrogen and oxygen atoms in total. The first-order chi connectivity index (χ1) is 16.7. The van der Waals surface area contributed by atoms with Crippen molar-refractivity contribution >= 4 is 43.8 Å². The SMILES string of the molecule is CC(C)Cc1ccc2c(c1)C=C(C(C)C)[CH]2[Zr]([CH3])([CH3])(=[SiH2])[CH]1C(C(C)C)=Cc2cc(CC(C)C)ccc21.Cl.Cl. The van der Waals surface area contributed by atoms with Crippen LogP contribution in [0.5, 0.6) is 0 Å². The Morgan fingerprint density at radius 2 is 0.974 bits per heavy atom. The largest absolute Gasteiger partial charge is 0.147 e. The van der Waals surface area contributed by atoms with E-state index in [0.29, 0.717) is 30.9 Å². The van der Waals surface area contributed by atoms with Crippen molar-refractivity contribution in [1.29, 1.82) is 0 Å². The number of hydrogen-bond donors (Lipinski definition) is 0. The van der Waals surface area contributed by atoms with Gasteiger partial charge < -0.3 is 0 Å². The number of allylic oxidation sites excluding steroid dienone is 2. The quantitative estimate of drug-likeness (QED) is 0.250. The summed E-state index contributed by atoms with van der Waals surface area (Å²) in [6.45, 7) is 21.5. The van der Waals surface area contributed by atoms with E-state index in [0.717, 1.165) is 0 Å². The van der Waals surface area contributed by atoms with E-state index < -0.39 is 17.4 Å². The molecule has 0 spiro atoms. The summed E-state index contributed by atoms with van der Waals surface area (Å²) >= 11 is -3.48. The molecule has 0 bridgehead atoms. The zero-order valence-electron chi connectivity index (χ0n) is 25.5. The maximum Gasteiger partial charge on any atom is -0.147 e. The van der Waals surface area contributed by atoms with Gasteiger partial charge in [0.2, 0.25) is 0 Å². The van der Waals surface area contributed by atoms with Gasteiger partial charge in [-0.1, -0.05) is 0 Å². The zero-order valence-corrected chi connectivity index (χ0v) is 31.0. The monoisotopic (exact) mass is 648 g/mol. The van der Waals surface area contributed by atoms with Crippen molar-refractivity contribution in [2.75, 3.05) is 0 Å². The van der Waals surface area contributed by atoms with Crippen molar-refractivity contribution < 1.29 is 17.4 Å². The van der Waals surface area contributed by atoms with Gasteiger partial charge in [-0.25, -0.2) is 0 Å². The first-order valence-electron chi connectivity index (χ1n) is 14.4. The fourth-order valence-corrected chi connectivity index (χ4v) is 27.3. The smallest absolute Gasteiger partial charge is 0.147 e. The first kappa shape index (κ1) is 33.8. The topological polar surface area (TPSA) is 0 Å². The third-order valence-corrected chi connectivity index (χ3v) is 26.1. The number of hydrogen-bond acceptors (Lipinski definition) is 0. The molecule has 4 heteroatoms. The number of halogens is 2. The molecule has 2 aliphatic carbocycles. The number of fused-ring (bicyclic) bond motifs is 2. The maximum absolute atomic E-state index is 3.48. The number of benzene rings is 2. The van der Waals surface area contributed by atoms with E-state index in [1.54, 1.807) is 22.3 Å². The van der Waals surface area contributed by atoms with E-state index in [-0.39, 0.29) is 24.8 Å². The molecule has 0 radical (unpaired) electrons. The Morgan fingerprint density at radius 1 is 0.632 bits per heavy atom. The molecule has 2 aromatic rings. The predicted molar refractivity (Wildman–Crippen MR) is 176 cm³/mol. The molecule has 0 aliphatic heterocycles. The van der Waals surface area contributed by atoms with Gasteiger partial charge in [-0.2, -0.15) is 0 Å². The van der Waals surface area contributed by atoms with Crippen molar-refractivity contribution in [1.82, 2.24) is 0 Å². The summed E-state index contributed by atoms with van der Waals surface area (Å²) in [5, 5.41) is 0. The van der Waals surface area contributed by atoms with E-state index in [2.05, 4.69) is 120 Å². The predicted octanol–water partition coefficient (Wildman–Crippen LogP) is 10.1. The van der Waals surface area contributed by atoms with Crippen molar-refractivity contribution in [3.05, 3.63) is 80.9 Å². The van der Waals surface area contributed by atoms with Crippen LogP contribution >= 0.6 is 24.8 Å². The van der Waals surface area contributed by atoms with Gasteiger partial charge in [0.25, 0.3) is 0 Å². The molecule has 2 atom stereocenters. The Morgan fingerprint density at radius 3 is 1.26 bits per heavy atom. The third kappa shape index (κ3) is 6.40. The van der Waals surface area contributed by atoms with Crippen LogP contribution < -0.4 is 0 Å². The summed E-state index contributed by atoms with van der Waals surface area (Å²) in [5.74, 6) is 2.54. The van der Waals surface area contributed by atoms with E-state index in [4.69, 9.17) is 0 Å². The van der Waals surface area contributed by atoms with Crippen LogP contribution in [0.4, 0.5) is 0 Å². The second kappa shape index (κ2) is 12.2. The molecule has 0 heterocycles. The molecule has 4 rings (SSSR count). The summed E-state index contributed by atoms with van der Waals surface area (Å²) in [5.41, 5.74) is 12.7. The van der Waals surface area contributed by atoms with Crippen molar-refractivity contribution in [3.63, 3.8) is 0 Å². The summed E-state index contributed by atoms with van der Waals surface area (Å²) < 4.78 is 6.80. The average molecular weight is 651 g/mol. The van der Waals surface area contributed by atoms with Crippen molar-refractivity contribution in [2.24, 2.45) is 23.7 Å². The van der Waals surface area contributed by atoms with Crippen LogP contribution in [0.1, 0.15) is 96.0 Å². The molecule has 0 amide bonds. The maximum atomic E-state index is 2.79. The molecule has 0 fully saturated rings. The fraction of sp³-hybridized carbons (Fsp3) is 0.529. The molecule has 38 heavy (non-hydrogen) atoms. The Bertz CT molecular complexity index is 1200. The summed E-state index contributed by atoms with van der Waals surface area (Å²) in [7, 11) is 0. The third-order valence-electron chi connectivity index (χ3n) is 8.75. The molecule has 2 unspecified atom stereocenters. The molecule has 0 N–H and O–H groups in total. The van der Waals surface area contributed by atoms with Gasteiger partial charge >= 0.3 is 226 Å². The Labute approximate surface area is 248 Å². The van der Waals surface area contributed by atoms with Crippen LogP contribution in [0, 0.1) is 23.7 Å². The van der Waals surface area contributed by atoms with E-state index in [1.165, 1.54) is 35.1 Å². The van der Waals surface area contributed by atoms with E-state index in [9.17, 15) is 0 Å². The van der Waals surface area contributed by atoms with Crippen LogP contribution in [0.15, 0.2) is 47.5 Å². The van der Waals surface area contributed by atoms with E-state index in [1.807, 2.05) is 0 Å². The van der Waals surface area contributed by atoms with Crippen LogP contribution in [0.3, 0.4) is 0 Å². The molecule has 0 aromatic heterocycles.